The van der Waals surface area contributed by atoms with Gasteiger partial charge in [0.15, 0.2) is 0 Å². The summed E-state index contributed by atoms with van der Waals surface area (Å²) in [6.07, 6.45) is 1.16. The Balaban J connectivity index is 2.26. The van der Waals surface area contributed by atoms with Crippen LogP contribution in [0.15, 0.2) is 35.7 Å². The molecule has 2 aromatic rings. The highest BCUT2D eigenvalue weighted by atomic mass is 79.9. The van der Waals surface area contributed by atoms with E-state index in [2.05, 4.69) is 79.3 Å². The van der Waals surface area contributed by atoms with E-state index in [1.54, 1.807) is 0 Å². The molecular weight excluding hydrogens is 316 g/mol. The summed E-state index contributed by atoms with van der Waals surface area (Å²) < 4.78 is 0. The molecule has 102 valence electrons. The Kier molecular flexibility index (Phi) is 4.52. The molecule has 0 saturated carbocycles. The van der Waals surface area contributed by atoms with E-state index in [1.165, 1.54) is 21.6 Å². The molecule has 1 aromatic heterocycles. The summed E-state index contributed by atoms with van der Waals surface area (Å²) in [5, 5.41) is 2.16. The van der Waals surface area contributed by atoms with Crippen LogP contribution in [0, 0.1) is 6.92 Å². The lowest BCUT2D eigenvalue weighted by atomic mass is 9.82. The second-order valence-corrected chi connectivity index (χ2v) is 7.55. The zero-order chi connectivity index (χ0) is 14.0. The monoisotopic (exact) mass is 336 g/mol. The van der Waals surface area contributed by atoms with Crippen molar-refractivity contribution in [2.24, 2.45) is 0 Å². The minimum absolute atomic E-state index is 0.263. The molecule has 2 rings (SSSR count). The van der Waals surface area contributed by atoms with Gasteiger partial charge in [-0.3, -0.25) is 0 Å². The van der Waals surface area contributed by atoms with Gasteiger partial charge in [-0.25, -0.2) is 0 Å². The largest absolute Gasteiger partial charge is 0.147 e. The molecule has 0 aliphatic carbocycles. The molecule has 19 heavy (non-hydrogen) atoms. The number of benzene rings is 1. The third-order valence-electron chi connectivity index (χ3n) is 4.00. The summed E-state index contributed by atoms with van der Waals surface area (Å²) in [5.74, 6) is 0. The van der Waals surface area contributed by atoms with Crippen molar-refractivity contribution in [1.82, 2.24) is 0 Å². The number of thiophene rings is 1. The van der Waals surface area contributed by atoms with Gasteiger partial charge in [0.1, 0.15) is 0 Å². The summed E-state index contributed by atoms with van der Waals surface area (Å²) >= 11 is 5.65. The first-order valence-corrected chi connectivity index (χ1v) is 8.53. The highest BCUT2D eigenvalue weighted by molar-refractivity contribution is 9.09. The lowest BCUT2D eigenvalue weighted by molar-refractivity contribution is 0.506. The Morgan fingerprint density at radius 2 is 1.79 bits per heavy atom. The molecule has 0 spiro atoms. The fraction of sp³-hybridized carbons (Fsp3) is 0.412. The zero-order valence-electron chi connectivity index (χ0n) is 12.0. The fourth-order valence-electron chi connectivity index (χ4n) is 2.10. The van der Waals surface area contributed by atoms with Gasteiger partial charge in [0, 0.05) is 4.88 Å². The number of aryl methyl sites for hydroxylation is 1. The van der Waals surface area contributed by atoms with Gasteiger partial charge in [0.2, 0.25) is 0 Å². The normalized spacial score (nSPS) is 13.5. The Hall–Kier alpha value is -0.600. The van der Waals surface area contributed by atoms with E-state index in [-0.39, 0.29) is 5.41 Å². The number of halogens is 1. The average molecular weight is 337 g/mol. The highest BCUT2D eigenvalue weighted by Gasteiger charge is 2.19. The third kappa shape index (κ3) is 3.11. The molecule has 0 N–H and O–H groups in total. The van der Waals surface area contributed by atoms with Crippen LogP contribution in [0.4, 0.5) is 0 Å². The topological polar surface area (TPSA) is 0 Å². The molecule has 1 unspecified atom stereocenters. The lowest BCUT2D eigenvalue weighted by Gasteiger charge is -2.23. The summed E-state index contributed by atoms with van der Waals surface area (Å²) in [7, 11) is 0. The van der Waals surface area contributed by atoms with Gasteiger partial charge in [-0.05, 0) is 46.9 Å². The molecule has 0 aliphatic rings. The van der Waals surface area contributed by atoms with Crippen LogP contribution in [-0.4, -0.2) is 0 Å². The Bertz CT molecular complexity index is 537. The number of rotatable bonds is 4. The SMILES string of the molecule is CCC(C)(C)c1ccc(C(Br)c2sccc2C)cc1. The van der Waals surface area contributed by atoms with Crippen molar-refractivity contribution in [3.63, 3.8) is 0 Å². The molecule has 1 heterocycles. The van der Waals surface area contributed by atoms with E-state index in [4.69, 9.17) is 0 Å². The molecule has 0 saturated heterocycles. The van der Waals surface area contributed by atoms with E-state index in [9.17, 15) is 0 Å². The van der Waals surface area contributed by atoms with Crippen LogP contribution in [0.1, 0.15) is 53.6 Å². The predicted molar refractivity (Wildman–Crippen MR) is 89.6 cm³/mol. The predicted octanol–water partition coefficient (Wildman–Crippen LogP) is 6.23. The number of hydrogen-bond donors (Lipinski definition) is 0. The van der Waals surface area contributed by atoms with Crippen molar-refractivity contribution in [3.8, 4) is 0 Å². The lowest BCUT2D eigenvalue weighted by Crippen LogP contribution is -2.15. The second kappa shape index (κ2) is 5.80. The first-order valence-electron chi connectivity index (χ1n) is 6.74. The van der Waals surface area contributed by atoms with Gasteiger partial charge in [-0.2, -0.15) is 0 Å². The van der Waals surface area contributed by atoms with Crippen LogP contribution >= 0.6 is 27.3 Å². The Labute approximate surface area is 129 Å². The van der Waals surface area contributed by atoms with Crippen molar-refractivity contribution >= 4 is 27.3 Å². The molecule has 1 atom stereocenters. The maximum atomic E-state index is 3.83. The van der Waals surface area contributed by atoms with E-state index in [0.717, 1.165) is 6.42 Å². The van der Waals surface area contributed by atoms with E-state index < -0.39 is 0 Å². The molecule has 0 aliphatic heterocycles. The van der Waals surface area contributed by atoms with Crippen molar-refractivity contribution in [2.75, 3.05) is 0 Å². The standard InChI is InChI=1S/C17H21BrS/c1-5-17(3,4)14-8-6-13(7-9-14)15(18)16-12(2)10-11-19-16/h6-11,15H,5H2,1-4H3. The minimum Gasteiger partial charge on any atom is -0.147 e. The van der Waals surface area contributed by atoms with E-state index >= 15 is 0 Å². The molecule has 0 amide bonds. The van der Waals surface area contributed by atoms with Gasteiger partial charge in [-0.1, -0.05) is 61.0 Å². The Morgan fingerprint density at radius 1 is 1.16 bits per heavy atom. The summed E-state index contributed by atoms with van der Waals surface area (Å²) in [5.41, 5.74) is 4.38. The summed E-state index contributed by atoms with van der Waals surface area (Å²) in [6.45, 7) is 9.03. The second-order valence-electron chi connectivity index (χ2n) is 5.69. The van der Waals surface area contributed by atoms with Gasteiger partial charge in [-0.15, -0.1) is 11.3 Å². The first-order chi connectivity index (χ1) is 8.95. The van der Waals surface area contributed by atoms with Gasteiger partial charge < -0.3 is 0 Å². The molecule has 0 nitrogen and oxygen atoms in total. The average Bonchev–Trinajstić information content (AvgIpc) is 2.84. The number of hydrogen-bond acceptors (Lipinski definition) is 1. The van der Waals surface area contributed by atoms with Gasteiger partial charge in [0.05, 0.1) is 4.83 Å². The smallest absolute Gasteiger partial charge is 0.0740 e. The molecule has 2 heteroatoms. The molecule has 1 aromatic carbocycles. The fourth-order valence-corrected chi connectivity index (χ4v) is 4.02. The maximum absolute atomic E-state index is 3.83. The molecule has 0 radical (unpaired) electrons. The maximum Gasteiger partial charge on any atom is 0.0740 e. The minimum atomic E-state index is 0.263. The highest BCUT2D eigenvalue weighted by Crippen LogP contribution is 2.37. The van der Waals surface area contributed by atoms with Crippen molar-refractivity contribution in [1.29, 1.82) is 0 Å². The van der Waals surface area contributed by atoms with Crippen LogP contribution in [0.5, 0.6) is 0 Å². The zero-order valence-corrected chi connectivity index (χ0v) is 14.4. The summed E-state index contributed by atoms with van der Waals surface area (Å²) in [6, 6.07) is 11.2. The van der Waals surface area contributed by atoms with Crippen molar-refractivity contribution in [2.45, 2.75) is 44.4 Å². The van der Waals surface area contributed by atoms with E-state index in [0.29, 0.717) is 4.83 Å². The van der Waals surface area contributed by atoms with Crippen LogP contribution in [-0.2, 0) is 5.41 Å². The summed E-state index contributed by atoms with van der Waals surface area (Å²) in [4.78, 5) is 1.72. The van der Waals surface area contributed by atoms with Gasteiger partial charge in [0.25, 0.3) is 0 Å². The van der Waals surface area contributed by atoms with E-state index in [1.807, 2.05) is 11.3 Å². The quantitative estimate of drug-likeness (QED) is 0.580. The van der Waals surface area contributed by atoms with Crippen molar-refractivity contribution < 1.29 is 0 Å². The van der Waals surface area contributed by atoms with Crippen LogP contribution in [0.2, 0.25) is 0 Å². The van der Waals surface area contributed by atoms with Gasteiger partial charge >= 0.3 is 0 Å². The third-order valence-corrected chi connectivity index (χ3v) is 6.37. The molecular formula is C17H21BrS. The Morgan fingerprint density at radius 3 is 2.26 bits per heavy atom. The van der Waals surface area contributed by atoms with Crippen LogP contribution < -0.4 is 0 Å². The van der Waals surface area contributed by atoms with Crippen LogP contribution in [0.3, 0.4) is 0 Å². The molecule has 0 fully saturated rings. The van der Waals surface area contributed by atoms with Crippen LogP contribution in [0.25, 0.3) is 0 Å². The molecule has 0 bridgehead atoms. The number of alkyl halides is 1. The first kappa shape index (κ1) is 14.8. The van der Waals surface area contributed by atoms with Crippen molar-refractivity contribution in [3.05, 3.63) is 57.3 Å².